The Morgan fingerprint density at radius 3 is 2.72 bits per heavy atom. The molecule has 2 aromatic rings. The molecule has 29 heavy (non-hydrogen) atoms. The predicted molar refractivity (Wildman–Crippen MR) is 113 cm³/mol. The molecular formula is C24H30N2O3. The van der Waals surface area contributed by atoms with Crippen molar-refractivity contribution in [1.82, 2.24) is 10.2 Å². The van der Waals surface area contributed by atoms with E-state index in [1.807, 2.05) is 42.5 Å². The van der Waals surface area contributed by atoms with Crippen LogP contribution in [-0.2, 0) is 22.5 Å². The second-order valence-electron chi connectivity index (χ2n) is 8.29. The van der Waals surface area contributed by atoms with Crippen molar-refractivity contribution in [3.05, 3.63) is 65.7 Å². The van der Waals surface area contributed by atoms with Gasteiger partial charge in [-0.15, -0.1) is 0 Å². The van der Waals surface area contributed by atoms with Gasteiger partial charge in [-0.3, -0.25) is 9.69 Å². The molecule has 1 N–H and O–H groups in total. The highest BCUT2D eigenvalue weighted by molar-refractivity contribution is 5.79. The molecule has 0 aromatic heterocycles. The van der Waals surface area contributed by atoms with Gasteiger partial charge in [-0.2, -0.15) is 0 Å². The first-order valence-corrected chi connectivity index (χ1v) is 10.4. The molecule has 0 bridgehead atoms. The Balaban J connectivity index is 1.38. The normalized spacial score (nSPS) is 24.5. The van der Waals surface area contributed by atoms with Crippen LogP contribution in [0, 0.1) is 5.41 Å². The number of nitrogens with zero attached hydrogens (tertiary/aromatic N) is 1. The minimum Gasteiger partial charge on any atom is -0.497 e. The molecule has 4 rings (SSSR count). The van der Waals surface area contributed by atoms with Crippen molar-refractivity contribution in [3.8, 4) is 5.75 Å². The molecule has 5 heteroatoms. The van der Waals surface area contributed by atoms with Crippen LogP contribution in [0.2, 0.25) is 0 Å². The van der Waals surface area contributed by atoms with Crippen molar-refractivity contribution in [2.45, 2.75) is 31.8 Å². The first-order chi connectivity index (χ1) is 14.2. The lowest BCUT2D eigenvalue weighted by atomic mass is 9.77. The summed E-state index contributed by atoms with van der Waals surface area (Å²) < 4.78 is 11.1. The van der Waals surface area contributed by atoms with Crippen LogP contribution in [-0.4, -0.2) is 50.3 Å². The molecule has 2 atom stereocenters. The van der Waals surface area contributed by atoms with E-state index in [0.717, 1.165) is 57.0 Å². The van der Waals surface area contributed by atoms with Crippen molar-refractivity contribution in [2.75, 3.05) is 33.4 Å². The van der Waals surface area contributed by atoms with Crippen LogP contribution in [0.15, 0.2) is 54.6 Å². The van der Waals surface area contributed by atoms with Gasteiger partial charge in [0.1, 0.15) is 5.75 Å². The summed E-state index contributed by atoms with van der Waals surface area (Å²) in [5.41, 5.74) is 2.35. The number of rotatable bonds is 6. The number of hydrogen-bond donors (Lipinski definition) is 1. The van der Waals surface area contributed by atoms with Crippen LogP contribution in [0.1, 0.15) is 24.0 Å². The van der Waals surface area contributed by atoms with Crippen LogP contribution >= 0.6 is 0 Å². The van der Waals surface area contributed by atoms with Crippen LogP contribution in [0.5, 0.6) is 5.75 Å². The summed E-state index contributed by atoms with van der Waals surface area (Å²) in [6.07, 6.45) is 2.38. The molecule has 0 unspecified atom stereocenters. The number of carbonyl (C=O) groups excluding carboxylic acids is 1. The third kappa shape index (κ3) is 4.80. The van der Waals surface area contributed by atoms with Gasteiger partial charge in [0, 0.05) is 31.2 Å². The Hall–Kier alpha value is -2.37. The first-order valence-electron chi connectivity index (χ1n) is 10.4. The van der Waals surface area contributed by atoms with Crippen molar-refractivity contribution in [2.24, 2.45) is 5.41 Å². The van der Waals surface area contributed by atoms with E-state index in [4.69, 9.17) is 9.47 Å². The summed E-state index contributed by atoms with van der Waals surface area (Å²) in [7, 11) is 1.69. The van der Waals surface area contributed by atoms with E-state index in [9.17, 15) is 4.79 Å². The van der Waals surface area contributed by atoms with Gasteiger partial charge in [0.25, 0.3) is 0 Å². The molecule has 0 aliphatic carbocycles. The smallest absolute Gasteiger partial charge is 0.224 e. The second-order valence-corrected chi connectivity index (χ2v) is 8.29. The highest BCUT2D eigenvalue weighted by Gasteiger charge is 2.47. The van der Waals surface area contributed by atoms with Gasteiger partial charge >= 0.3 is 0 Å². The van der Waals surface area contributed by atoms with Gasteiger partial charge in [-0.1, -0.05) is 42.5 Å². The van der Waals surface area contributed by atoms with E-state index in [-0.39, 0.29) is 17.4 Å². The van der Waals surface area contributed by atoms with E-state index >= 15 is 0 Å². The van der Waals surface area contributed by atoms with Gasteiger partial charge < -0.3 is 14.8 Å². The van der Waals surface area contributed by atoms with Crippen molar-refractivity contribution in [3.63, 3.8) is 0 Å². The van der Waals surface area contributed by atoms with E-state index < -0.39 is 0 Å². The van der Waals surface area contributed by atoms with Crippen molar-refractivity contribution in [1.29, 1.82) is 0 Å². The number of nitrogens with one attached hydrogen (secondary N) is 1. The molecule has 2 saturated heterocycles. The number of ether oxygens (including phenoxy) is 2. The van der Waals surface area contributed by atoms with Crippen molar-refractivity contribution >= 4 is 5.91 Å². The monoisotopic (exact) mass is 394 g/mol. The highest BCUT2D eigenvalue weighted by atomic mass is 16.5. The fourth-order valence-corrected chi connectivity index (χ4v) is 4.65. The topological polar surface area (TPSA) is 50.8 Å². The maximum Gasteiger partial charge on any atom is 0.224 e. The Morgan fingerprint density at radius 1 is 1.17 bits per heavy atom. The number of methoxy groups -OCH3 is 1. The number of carbonyl (C=O) groups is 1. The van der Waals surface area contributed by atoms with Crippen LogP contribution in [0.25, 0.3) is 0 Å². The van der Waals surface area contributed by atoms with Gasteiger partial charge in [0.05, 0.1) is 20.1 Å². The standard InChI is InChI=1S/C24H30N2O3/c1-28-21-9-7-20(8-10-21)16-26-13-12-24(17-26)18-29-14-11-22(24)25-23(27)15-19-5-3-2-4-6-19/h2-10,22H,11-18H2,1H3,(H,25,27)/t22-,24-/m0/s1. The van der Waals surface area contributed by atoms with Gasteiger partial charge in [-0.25, -0.2) is 0 Å². The minimum absolute atomic E-state index is 0.0110. The van der Waals surface area contributed by atoms with Crippen molar-refractivity contribution < 1.29 is 14.3 Å². The Bertz CT molecular complexity index is 809. The van der Waals surface area contributed by atoms with Crippen LogP contribution in [0.3, 0.4) is 0 Å². The quantitative estimate of drug-likeness (QED) is 0.818. The molecule has 2 aromatic carbocycles. The average molecular weight is 395 g/mol. The zero-order chi connectivity index (χ0) is 20.1. The Kier molecular flexibility index (Phi) is 6.16. The summed E-state index contributed by atoms with van der Waals surface area (Å²) >= 11 is 0. The number of amides is 1. The zero-order valence-electron chi connectivity index (χ0n) is 17.1. The van der Waals surface area contributed by atoms with E-state index in [1.165, 1.54) is 5.56 Å². The summed E-state index contributed by atoms with van der Waals surface area (Å²) in [5, 5.41) is 3.34. The largest absolute Gasteiger partial charge is 0.497 e. The minimum atomic E-state index is 0.0110. The van der Waals surface area contributed by atoms with Gasteiger partial charge in [0.15, 0.2) is 0 Å². The molecule has 1 spiro atoms. The molecule has 2 heterocycles. The summed E-state index contributed by atoms with van der Waals surface area (Å²) in [6, 6.07) is 18.4. The highest BCUT2D eigenvalue weighted by Crippen LogP contribution is 2.39. The molecule has 0 radical (unpaired) electrons. The first kappa shape index (κ1) is 19.9. The van der Waals surface area contributed by atoms with Gasteiger partial charge in [0.2, 0.25) is 5.91 Å². The number of likely N-dealkylation sites (tertiary alicyclic amines) is 1. The fraction of sp³-hybridized carbons (Fsp3) is 0.458. The molecule has 5 nitrogen and oxygen atoms in total. The lowest BCUT2D eigenvalue weighted by Crippen LogP contribution is -2.55. The molecule has 1 amide bonds. The van der Waals surface area contributed by atoms with E-state index in [0.29, 0.717) is 6.42 Å². The number of hydrogen-bond acceptors (Lipinski definition) is 4. The molecule has 2 fully saturated rings. The lowest BCUT2D eigenvalue weighted by Gasteiger charge is -2.41. The Labute approximate surface area is 173 Å². The van der Waals surface area contributed by atoms with Crippen LogP contribution < -0.4 is 10.1 Å². The third-order valence-corrected chi connectivity index (χ3v) is 6.25. The zero-order valence-corrected chi connectivity index (χ0v) is 17.1. The summed E-state index contributed by atoms with van der Waals surface area (Å²) in [6.45, 7) is 4.34. The van der Waals surface area contributed by atoms with E-state index in [2.05, 4.69) is 22.3 Å². The summed E-state index contributed by atoms with van der Waals surface area (Å²) in [5.74, 6) is 0.990. The van der Waals surface area contributed by atoms with E-state index in [1.54, 1.807) is 7.11 Å². The fourth-order valence-electron chi connectivity index (χ4n) is 4.65. The molecule has 2 aliphatic rings. The molecule has 2 aliphatic heterocycles. The maximum absolute atomic E-state index is 12.7. The third-order valence-electron chi connectivity index (χ3n) is 6.25. The SMILES string of the molecule is COc1ccc(CN2CC[C@@]3(COCC[C@@H]3NC(=O)Cc3ccccc3)C2)cc1. The predicted octanol–water partition coefficient (Wildman–Crippen LogP) is 3.04. The Morgan fingerprint density at radius 2 is 1.97 bits per heavy atom. The summed E-state index contributed by atoms with van der Waals surface area (Å²) in [4.78, 5) is 15.2. The average Bonchev–Trinajstić information content (AvgIpc) is 3.14. The molecule has 0 saturated carbocycles. The number of benzene rings is 2. The molecular weight excluding hydrogens is 364 g/mol. The lowest BCUT2D eigenvalue weighted by molar-refractivity contribution is -0.124. The maximum atomic E-state index is 12.7. The van der Waals surface area contributed by atoms with Gasteiger partial charge in [-0.05, 0) is 42.6 Å². The second kappa shape index (κ2) is 8.97. The van der Waals surface area contributed by atoms with Crippen LogP contribution in [0.4, 0.5) is 0 Å². The molecule has 154 valence electrons.